The third-order valence-electron chi connectivity index (χ3n) is 5.90. The average Bonchev–Trinajstić information content (AvgIpc) is 3.08. The van der Waals surface area contributed by atoms with Crippen molar-refractivity contribution in [2.45, 2.75) is 25.4 Å². The van der Waals surface area contributed by atoms with Crippen LogP contribution in [0.15, 0.2) is 67.3 Å². The van der Waals surface area contributed by atoms with Gasteiger partial charge in [0.2, 0.25) is 0 Å². The van der Waals surface area contributed by atoms with E-state index in [1.807, 2.05) is 24.3 Å². The van der Waals surface area contributed by atoms with Crippen LogP contribution in [-0.2, 0) is 11.2 Å². The van der Waals surface area contributed by atoms with E-state index in [1.165, 1.54) is 6.33 Å². The normalized spacial score (nSPS) is 14.8. The topological polar surface area (TPSA) is 121 Å². The Balaban J connectivity index is 1.34. The predicted molar refractivity (Wildman–Crippen MR) is 119 cm³/mol. The fourth-order valence-corrected chi connectivity index (χ4v) is 4.02. The number of benzene rings is 2. The van der Waals surface area contributed by atoms with Crippen LogP contribution in [0.2, 0.25) is 0 Å². The van der Waals surface area contributed by atoms with Gasteiger partial charge in [0.25, 0.3) is 11.8 Å². The molecule has 0 bridgehead atoms. The maximum Gasteiger partial charge on any atom is 0.309 e. The molecule has 0 radical (unpaired) electrons. The summed E-state index contributed by atoms with van der Waals surface area (Å²) in [5, 5.41) is 20.2. The number of hydrogen-bond donors (Lipinski definition) is 2. The summed E-state index contributed by atoms with van der Waals surface area (Å²) in [6, 6.07) is 14.2. The summed E-state index contributed by atoms with van der Waals surface area (Å²) in [6.45, 7) is -0.0613. The summed E-state index contributed by atoms with van der Waals surface area (Å²) < 4.78 is 0. The van der Waals surface area contributed by atoms with E-state index in [-0.39, 0.29) is 19.4 Å². The number of fused-ring (bicyclic) bond motifs is 1. The van der Waals surface area contributed by atoms with Gasteiger partial charge >= 0.3 is 5.97 Å². The molecular formula is C25H23N3O5. The first-order valence-electron chi connectivity index (χ1n) is 10.7. The standard InChI is InChI=1S/C25H23N3O5/c29-22(10-7-16-5-8-17(9-6-16)18-13-26-15-27-14-18)21(25(32)33)11-12-28-23(30)19-3-1-2-4-20(19)24(28)31/h1-6,8-9,13-15,21-22,29H,7,10-12H2,(H,32,33)/t21-,22+/m0/s1. The van der Waals surface area contributed by atoms with Gasteiger partial charge in [-0.2, -0.15) is 0 Å². The van der Waals surface area contributed by atoms with Gasteiger partial charge in [0.15, 0.2) is 0 Å². The molecule has 1 aliphatic rings. The molecular weight excluding hydrogens is 422 g/mol. The lowest BCUT2D eigenvalue weighted by atomic mass is 9.93. The maximum atomic E-state index is 12.5. The Hall–Kier alpha value is -3.91. The lowest BCUT2D eigenvalue weighted by Gasteiger charge is -2.22. The highest BCUT2D eigenvalue weighted by molar-refractivity contribution is 6.21. The van der Waals surface area contributed by atoms with Crippen LogP contribution in [0.3, 0.4) is 0 Å². The molecule has 0 fully saturated rings. The van der Waals surface area contributed by atoms with Crippen molar-refractivity contribution in [2.24, 2.45) is 5.92 Å². The molecule has 33 heavy (non-hydrogen) atoms. The van der Waals surface area contributed by atoms with Crippen molar-refractivity contribution in [3.8, 4) is 11.1 Å². The van der Waals surface area contributed by atoms with Crippen LogP contribution in [0, 0.1) is 5.92 Å². The van der Waals surface area contributed by atoms with E-state index in [2.05, 4.69) is 9.97 Å². The Morgan fingerprint density at radius 3 is 2.06 bits per heavy atom. The van der Waals surface area contributed by atoms with Gasteiger partial charge < -0.3 is 10.2 Å². The zero-order valence-electron chi connectivity index (χ0n) is 17.8. The highest BCUT2D eigenvalue weighted by Crippen LogP contribution is 2.25. The molecule has 8 nitrogen and oxygen atoms in total. The van der Waals surface area contributed by atoms with Gasteiger partial charge in [0, 0.05) is 24.5 Å². The number of imide groups is 1. The van der Waals surface area contributed by atoms with E-state index < -0.39 is 29.8 Å². The first-order chi connectivity index (χ1) is 16.0. The molecule has 0 spiro atoms. The molecule has 1 aliphatic heterocycles. The smallest absolute Gasteiger partial charge is 0.309 e. The molecule has 0 unspecified atom stereocenters. The van der Waals surface area contributed by atoms with Gasteiger partial charge in [-0.1, -0.05) is 36.4 Å². The number of aromatic nitrogens is 2. The van der Waals surface area contributed by atoms with Crippen LogP contribution in [-0.4, -0.2) is 55.5 Å². The fourth-order valence-electron chi connectivity index (χ4n) is 4.02. The van der Waals surface area contributed by atoms with Crippen molar-refractivity contribution in [2.75, 3.05) is 6.54 Å². The van der Waals surface area contributed by atoms with E-state index in [4.69, 9.17) is 0 Å². The molecule has 8 heteroatoms. The molecule has 4 rings (SSSR count). The number of amides is 2. The van der Waals surface area contributed by atoms with Gasteiger partial charge in [0.05, 0.1) is 23.1 Å². The number of carbonyl (C=O) groups is 3. The molecule has 3 aromatic rings. The Morgan fingerprint density at radius 2 is 1.48 bits per heavy atom. The summed E-state index contributed by atoms with van der Waals surface area (Å²) >= 11 is 0. The van der Waals surface area contributed by atoms with E-state index in [0.717, 1.165) is 21.6 Å². The van der Waals surface area contributed by atoms with Gasteiger partial charge in [0.1, 0.15) is 6.33 Å². The number of aliphatic carboxylic acids is 1. The number of nitrogens with zero attached hydrogens (tertiary/aromatic N) is 3. The van der Waals surface area contributed by atoms with Crippen molar-refractivity contribution < 1.29 is 24.6 Å². The van der Waals surface area contributed by atoms with Crippen molar-refractivity contribution in [3.05, 3.63) is 83.9 Å². The molecule has 2 amide bonds. The minimum atomic E-state index is -1.15. The van der Waals surface area contributed by atoms with Crippen LogP contribution in [0.1, 0.15) is 39.1 Å². The van der Waals surface area contributed by atoms with Gasteiger partial charge in [-0.15, -0.1) is 0 Å². The van der Waals surface area contributed by atoms with Crippen LogP contribution >= 0.6 is 0 Å². The Bertz CT molecular complexity index is 1130. The monoisotopic (exact) mass is 445 g/mol. The Labute approximate surface area is 190 Å². The summed E-state index contributed by atoms with van der Waals surface area (Å²) in [6.07, 6.45) is 4.51. The number of aryl methyl sites for hydroxylation is 1. The van der Waals surface area contributed by atoms with Gasteiger partial charge in [-0.05, 0) is 42.5 Å². The number of carboxylic acid groups (broad SMARTS) is 1. The fraction of sp³-hybridized carbons (Fsp3) is 0.240. The summed E-state index contributed by atoms with van der Waals surface area (Å²) in [4.78, 5) is 45.8. The minimum Gasteiger partial charge on any atom is -0.481 e. The van der Waals surface area contributed by atoms with Gasteiger partial charge in [-0.25, -0.2) is 9.97 Å². The van der Waals surface area contributed by atoms with Crippen LogP contribution in [0.4, 0.5) is 0 Å². The number of carbonyl (C=O) groups excluding carboxylic acids is 2. The van der Waals surface area contributed by atoms with Crippen molar-refractivity contribution in [1.29, 1.82) is 0 Å². The van der Waals surface area contributed by atoms with Crippen LogP contribution < -0.4 is 0 Å². The number of hydrogen-bond acceptors (Lipinski definition) is 6. The van der Waals surface area contributed by atoms with Crippen molar-refractivity contribution >= 4 is 17.8 Å². The SMILES string of the molecule is O=C(O)[C@@H](CCN1C(=O)c2ccccc2C1=O)[C@H](O)CCc1ccc(-c2cncnc2)cc1. The second-order valence-corrected chi connectivity index (χ2v) is 7.97. The zero-order chi connectivity index (χ0) is 23.4. The second kappa shape index (κ2) is 9.70. The van der Waals surface area contributed by atoms with E-state index in [0.29, 0.717) is 17.5 Å². The largest absolute Gasteiger partial charge is 0.481 e. The van der Waals surface area contributed by atoms with Crippen LogP contribution in [0.25, 0.3) is 11.1 Å². The van der Waals surface area contributed by atoms with Crippen molar-refractivity contribution in [1.82, 2.24) is 14.9 Å². The summed E-state index contributed by atoms with van der Waals surface area (Å²) in [5.41, 5.74) is 3.45. The zero-order valence-corrected chi connectivity index (χ0v) is 17.8. The number of aliphatic hydroxyl groups excluding tert-OH is 1. The minimum absolute atomic E-state index is 0.0189. The predicted octanol–water partition coefficient (Wildman–Crippen LogP) is 2.82. The first-order valence-corrected chi connectivity index (χ1v) is 10.7. The Kier molecular flexibility index (Phi) is 6.55. The molecule has 2 aromatic carbocycles. The second-order valence-electron chi connectivity index (χ2n) is 7.97. The summed E-state index contributed by atoms with van der Waals surface area (Å²) in [5.74, 6) is -3.11. The molecule has 1 aromatic heterocycles. The Morgan fingerprint density at radius 1 is 0.879 bits per heavy atom. The molecule has 168 valence electrons. The highest BCUT2D eigenvalue weighted by atomic mass is 16.4. The van der Waals surface area contributed by atoms with Crippen molar-refractivity contribution in [3.63, 3.8) is 0 Å². The van der Waals surface area contributed by atoms with E-state index in [1.54, 1.807) is 36.7 Å². The molecule has 0 saturated heterocycles. The lowest BCUT2D eigenvalue weighted by molar-refractivity contribution is -0.146. The van der Waals surface area contributed by atoms with Gasteiger partial charge in [-0.3, -0.25) is 19.3 Å². The third-order valence-corrected chi connectivity index (χ3v) is 5.90. The maximum absolute atomic E-state index is 12.5. The molecule has 0 aliphatic carbocycles. The number of carboxylic acids is 1. The molecule has 2 heterocycles. The first kappa shape index (κ1) is 22.3. The lowest BCUT2D eigenvalue weighted by Crippen LogP contribution is -2.36. The summed E-state index contributed by atoms with van der Waals surface area (Å²) in [7, 11) is 0. The number of aliphatic hydroxyl groups is 1. The van der Waals surface area contributed by atoms with E-state index >= 15 is 0 Å². The number of rotatable bonds is 9. The highest BCUT2D eigenvalue weighted by Gasteiger charge is 2.36. The average molecular weight is 445 g/mol. The molecule has 2 atom stereocenters. The quantitative estimate of drug-likeness (QED) is 0.486. The molecule has 2 N–H and O–H groups in total. The van der Waals surface area contributed by atoms with E-state index in [9.17, 15) is 24.6 Å². The van der Waals surface area contributed by atoms with Crippen LogP contribution in [0.5, 0.6) is 0 Å². The third kappa shape index (κ3) is 4.80. The molecule has 0 saturated carbocycles.